The molecule has 1 atom stereocenters. The number of anilines is 2. The van der Waals surface area contributed by atoms with Gasteiger partial charge in [0.25, 0.3) is 5.88 Å². The summed E-state index contributed by atoms with van der Waals surface area (Å²) in [6, 6.07) is 5.46. The van der Waals surface area contributed by atoms with Gasteiger partial charge in [-0.3, -0.25) is 9.58 Å². The van der Waals surface area contributed by atoms with Crippen molar-refractivity contribution in [1.29, 1.82) is 0 Å². The first-order valence-electron chi connectivity index (χ1n) is 14.6. The van der Waals surface area contributed by atoms with E-state index in [-0.39, 0.29) is 35.7 Å². The number of hydrogen-bond donors (Lipinski definition) is 1. The third-order valence-electron chi connectivity index (χ3n) is 7.57. The molecule has 46 heavy (non-hydrogen) atoms. The van der Waals surface area contributed by atoms with Gasteiger partial charge < -0.3 is 24.3 Å². The topological polar surface area (TPSA) is 139 Å². The van der Waals surface area contributed by atoms with Gasteiger partial charge >= 0.3 is 6.18 Å². The fourth-order valence-corrected chi connectivity index (χ4v) is 5.49. The van der Waals surface area contributed by atoms with E-state index in [1.165, 1.54) is 6.33 Å². The first-order valence-corrected chi connectivity index (χ1v) is 15.0. The average Bonchev–Trinajstić information content (AvgIpc) is 3.72. The van der Waals surface area contributed by atoms with Gasteiger partial charge in [-0.2, -0.15) is 13.2 Å². The van der Waals surface area contributed by atoms with E-state index in [0.29, 0.717) is 42.9 Å². The Hall–Kier alpha value is -4.06. The number of halogens is 4. The molecule has 0 radical (unpaired) electrons. The minimum Gasteiger partial charge on any atom is -0.487 e. The number of alkyl halides is 3. The summed E-state index contributed by atoms with van der Waals surface area (Å²) in [6.45, 7) is 3.92. The highest BCUT2D eigenvalue weighted by Gasteiger charge is 2.32. The minimum absolute atomic E-state index is 0.0225. The molecular weight excluding hydrogens is 633 g/mol. The largest absolute Gasteiger partial charge is 0.487 e. The number of hydrogen-bond acceptors (Lipinski definition) is 12. The van der Waals surface area contributed by atoms with E-state index in [9.17, 15) is 13.2 Å². The summed E-state index contributed by atoms with van der Waals surface area (Å²) in [5.41, 5.74) is 1.65. The van der Waals surface area contributed by atoms with Gasteiger partial charge in [-0.15, -0.1) is 10.2 Å². The zero-order valence-corrected chi connectivity index (χ0v) is 25.6. The van der Waals surface area contributed by atoms with E-state index in [1.807, 2.05) is 6.92 Å². The number of piperidine rings is 1. The van der Waals surface area contributed by atoms with Crippen molar-refractivity contribution in [3.05, 3.63) is 48.1 Å². The molecule has 1 N–H and O–H groups in total. The molecule has 3 aromatic heterocycles. The van der Waals surface area contributed by atoms with Crippen molar-refractivity contribution < 1.29 is 32.1 Å². The highest BCUT2D eigenvalue weighted by molar-refractivity contribution is 6.32. The Morgan fingerprint density at radius 2 is 1.85 bits per heavy atom. The number of rotatable bonds is 11. The summed E-state index contributed by atoms with van der Waals surface area (Å²) in [4.78, 5) is 11.1. The Kier molecular flexibility index (Phi) is 9.81. The Morgan fingerprint density at radius 1 is 1.09 bits per heavy atom. The van der Waals surface area contributed by atoms with E-state index >= 15 is 0 Å². The molecule has 1 aromatic carbocycles. The summed E-state index contributed by atoms with van der Waals surface area (Å²) >= 11 is 6.38. The number of tetrazole rings is 1. The van der Waals surface area contributed by atoms with Gasteiger partial charge in [0.15, 0.2) is 6.61 Å². The second kappa shape index (κ2) is 14.1. The van der Waals surface area contributed by atoms with Crippen LogP contribution in [0.1, 0.15) is 25.8 Å². The number of nitrogens with one attached hydrogen (secondary N) is 1. The standard InChI is InChI=1S/C28H32ClF3N10O4/c1-18(11-41-16-35-38-39-41)46-25-8-19(2-3-23(25)29)20-9-33-27(34-10-20)36-24-12-42(37-26(24)45-15-28(30,31)32)21-4-6-40(7-5-21)22-13-43-17-44-14-22/h2-3,8-10,12,16,18,21-22H,4-7,11,13-15,17H2,1H3,(H,33,34,36)/t18-/m0/s1. The predicted molar refractivity (Wildman–Crippen MR) is 158 cm³/mol. The van der Waals surface area contributed by atoms with Gasteiger partial charge in [0.1, 0.15) is 30.7 Å². The highest BCUT2D eigenvalue weighted by Crippen LogP contribution is 2.34. The van der Waals surface area contributed by atoms with Crippen molar-refractivity contribution >= 4 is 23.2 Å². The minimum atomic E-state index is -4.53. The Morgan fingerprint density at radius 3 is 2.54 bits per heavy atom. The van der Waals surface area contributed by atoms with Crippen LogP contribution in [0.5, 0.6) is 11.6 Å². The van der Waals surface area contributed by atoms with Gasteiger partial charge in [-0.05, 0) is 47.9 Å². The van der Waals surface area contributed by atoms with E-state index in [1.54, 1.807) is 46.2 Å². The SMILES string of the molecule is C[C@@H](Cn1cnnn1)Oc1cc(-c2cnc(Nc3cn(C4CCN(C5COCOC5)CC4)nc3OCC(F)(F)F)nc2)ccc1Cl. The zero-order chi connectivity index (χ0) is 32.1. The molecule has 2 aliphatic heterocycles. The molecule has 0 amide bonds. The van der Waals surface area contributed by atoms with Gasteiger partial charge in [-0.25, -0.2) is 14.6 Å². The van der Waals surface area contributed by atoms with Gasteiger partial charge in [-0.1, -0.05) is 17.7 Å². The first kappa shape index (κ1) is 31.9. The summed E-state index contributed by atoms with van der Waals surface area (Å²) in [7, 11) is 0. The van der Waals surface area contributed by atoms with E-state index < -0.39 is 12.8 Å². The number of benzene rings is 1. The first-order chi connectivity index (χ1) is 22.2. The fraction of sp³-hybridized carbons (Fsp3) is 0.500. The Balaban J connectivity index is 1.13. The van der Waals surface area contributed by atoms with Crippen LogP contribution in [-0.2, 0) is 16.0 Å². The van der Waals surface area contributed by atoms with Crippen LogP contribution in [0, 0.1) is 0 Å². The van der Waals surface area contributed by atoms with Crippen molar-refractivity contribution in [3.63, 3.8) is 0 Å². The monoisotopic (exact) mass is 664 g/mol. The van der Waals surface area contributed by atoms with Crippen LogP contribution in [0.25, 0.3) is 11.1 Å². The smallest absolute Gasteiger partial charge is 0.422 e. The van der Waals surface area contributed by atoms with Crippen LogP contribution >= 0.6 is 11.6 Å². The molecule has 0 bridgehead atoms. The highest BCUT2D eigenvalue weighted by atomic mass is 35.5. The molecule has 2 aliphatic rings. The van der Waals surface area contributed by atoms with Gasteiger partial charge in [0.2, 0.25) is 5.95 Å². The summed E-state index contributed by atoms with van der Waals surface area (Å²) < 4.78 is 64.3. The molecule has 4 aromatic rings. The molecule has 0 spiro atoms. The van der Waals surface area contributed by atoms with Crippen molar-refractivity contribution in [2.75, 3.05) is 45.0 Å². The Labute approximate surface area is 266 Å². The molecule has 2 saturated heterocycles. The number of ether oxygens (including phenoxy) is 4. The lowest BCUT2D eigenvalue weighted by Gasteiger charge is -2.38. The fourth-order valence-electron chi connectivity index (χ4n) is 5.32. The molecule has 246 valence electrons. The molecule has 6 rings (SSSR count). The van der Waals surface area contributed by atoms with Crippen LogP contribution in [0.3, 0.4) is 0 Å². The molecule has 0 unspecified atom stereocenters. The van der Waals surface area contributed by atoms with Crippen LogP contribution < -0.4 is 14.8 Å². The summed E-state index contributed by atoms with van der Waals surface area (Å²) in [5.74, 6) is 0.441. The quantitative estimate of drug-likeness (QED) is 0.246. The van der Waals surface area contributed by atoms with Crippen molar-refractivity contribution in [2.24, 2.45) is 0 Å². The molecule has 18 heteroatoms. The molecule has 14 nitrogen and oxygen atoms in total. The summed E-state index contributed by atoms with van der Waals surface area (Å²) in [6.07, 6.45) is 3.01. The van der Waals surface area contributed by atoms with E-state index in [2.05, 4.69) is 40.8 Å². The zero-order valence-electron chi connectivity index (χ0n) is 24.8. The third-order valence-corrected chi connectivity index (χ3v) is 7.89. The van der Waals surface area contributed by atoms with Crippen molar-refractivity contribution in [2.45, 2.75) is 50.7 Å². The molecule has 5 heterocycles. The van der Waals surface area contributed by atoms with E-state index in [4.69, 9.17) is 30.5 Å². The van der Waals surface area contributed by atoms with Crippen LogP contribution in [0.2, 0.25) is 5.02 Å². The normalized spacial score (nSPS) is 17.6. The van der Waals surface area contributed by atoms with Crippen molar-refractivity contribution in [1.82, 2.24) is 44.9 Å². The van der Waals surface area contributed by atoms with Crippen LogP contribution in [0.15, 0.2) is 43.1 Å². The molecule has 2 fully saturated rings. The maximum absolute atomic E-state index is 13.0. The van der Waals surface area contributed by atoms with Gasteiger partial charge in [0.05, 0.1) is 43.1 Å². The second-order valence-corrected chi connectivity index (χ2v) is 11.4. The maximum Gasteiger partial charge on any atom is 0.422 e. The number of aromatic nitrogens is 8. The second-order valence-electron chi connectivity index (χ2n) is 11.0. The lowest BCUT2D eigenvalue weighted by Crippen LogP contribution is -2.48. The van der Waals surface area contributed by atoms with E-state index in [0.717, 1.165) is 31.5 Å². The Bertz CT molecular complexity index is 1560. The molecular formula is C28H32ClF3N10O4. The van der Waals surface area contributed by atoms with Crippen molar-refractivity contribution in [3.8, 4) is 22.8 Å². The lowest BCUT2D eigenvalue weighted by molar-refractivity contribution is -0.154. The van der Waals surface area contributed by atoms with Crippen LogP contribution in [0.4, 0.5) is 24.8 Å². The summed E-state index contributed by atoms with van der Waals surface area (Å²) in [5, 5.41) is 18.8. The number of likely N-dealkylation sites (tertiary alicyclic amines) is 1. The van der Waals surface area contributed by atoms with Crippen LogP contribution in [-0.4, -0.2) is 103 Å². The average molecular weight is 665 g/mol. The molecule has 0 saturated carbocycles. The number of nitrogens with zero attached hydrogens (tertiary/aromatic N) is 9. The predicted octanol–water partition coefficient (Wildman–Crippen LogP) is 4.14. The molecule has 0 aliphatic carbocycles. The van der Waals surface area contributed by atoms with Gasteiger partial charge in [0, 0.05) is 31.0 Å². The lowest BCUT2D eigenvalue weighted by atomic mass is 10.0. The third kappa shape index (κ3) is 8.20. The maximum atomic E-state index is 13.0.